The number of rotatable bonds is 6. The van der Waals surface area contributed by atoms with E-state index in [0.29, 0.717) is 26.8 Å². The van der Waals surface area contributed by atoms with Crippen molar-refractivity contribution in [3.8, 4) is 10.6 Å². The molecule has 162 valence electrons. The number of thiazole rings is 1. The number of halogens is 3. The van der Waals surface area contributed by atoms with Gasteiger partial charge in [0.15, 0.2) is 0 Å². The van der Waals surface area contributed by atoms with E-state index in [1.807, 2.05) is 25.1 Å². The number of anilines is 1. The van der Waals surface area contributed by atoms with Crippen LogP contribution >= 0.6 is 11.3 Å². The molecule has 31 heavy (non-hydrogen) atoms. The maximum absolute atomic E-state index is 12.7. The molecular formula is C22H20F3N3O2S. The highest BCUT2D eigenvalue weighted by atomic mass is 32.1. The smallest absolute Gasteiger partial charge is 0.342 e. The number of hydrogen-bond donors (Lipinski definition) is 2. The largest absolute Gasteiger partial charge is 0.416 e. The fourth-order valence-corrected chi connectivity index (χ4v) is 3.91. The molecule has 2 amide bonds. The maximum Gasteiger partial charge on any atom is 0.416 e. The van der Waals surface area contributed by atoms with E-state index >= 15 is 0 Å². The summed E-state index contributed by atoms with van der Waals surface area (Å²) in [5.74, 6) is -0.827. The quantitative estimate of drug-likeness (QED) is 0.554. The van der Waals surface area contributed by atoms with Gasteiger partial charge in [-0.25, -0.2) is 4.98 Å². The molecule has 0 aliphatic heterocycles. The fraction of sp³-hybridized carbons (Fsp3) is 0.227. The Kier molecular flexibility index (Phi) is 6.74. The zero-order valence-electron chi connectivity index (χ0n) is 16.8. The van der Waals surface area contributed by atoms with Crippen LogP contribution in [0, 0.1) is 6.92 Å². The first-order valence-electron chi connectivity index (χ1n) is 9.50. The molecule has 3 rings (SSSR count). The molecule has 3 aromatic rings. The highest BCUT2D eigenvalue weighted by molar-refractivity contribution is 7.17. The number of aryl methyl sites for hydroxylation is 2. The maximum atomic E-state index is 12.7. The van der Waals surface area contributed by atoms with E-state index in [0.717, 1.165) is 35.5 Å². The minimum absolute atomic E-state index is 0.218. The highest BCUT2D eigenvalue weighted by Crippen LogP contribution is 2.33. The number of nitrogens with one attached hydrogen (secondary N) is 2. The molecule has 0 saturated carbocycles. The van der Waals surface area contributed by atoms with Crippen LogP contribution in [0.25, 0.3) is 10.6 Å². The molecule has 0 saturated heterocycles. The number of carbonyl (C=O) groups excluding carboxylic acids is 2. The Morgan fingerprint density at radius 3 is 2.39 bits per heavy atom. The molecule has 0 radical (unpaired) electrons. The number of para-hydroxylation sites is 1. The van der Waals surface area contributed by atoms with Crippen molar-refractivity contribution >= 4 is 28.8 Å². The van der Waals surface area contributed by atoms with Gasteiger partial charge < -0.3 is 10.6 Å². The second-order valence-corrected chi connectivity index (χ2v) is 7.75. The number of carbonyl (C=O) groups is 2. The van der Waals surface area contributed by atoms with Crippen LogP contribution in [0.5, 0.6) is 0 Å². The molecule has 0 spiro atoms. The van der Waals surface area contributed by atoms with Gasteiger partial charge in [0.1, 0.15) is 9.88 Å². The normalized spacial score (nSPS) is 11.3. The molecule has 0 aliphatic rings. The van der Waals surface area contributed by atoms with Crippen LogP contribution in [-0.2, 0) is 17.4 Å². The van der Waals surface area contributed by atoms with Crippen molar-refractivity contribution in [2.24, 2.45) is 0 Å². The third kappa shape index (κ3) is 5.49. The van der Waals surface area contributed by atoms with Crippen molar-refractivity contribution in [2.45, 2.75) is 26.4 Å². The van der Waals surface area contributed by atoms with Crippen LogP contribution < -0.4 is 10.6 Å². The minimum Gasteiger partial charge on any atom is -0.342 e. The topological polar surface area (TPSA) is 71.1 Å². The first kappa shape index (κ1) is 22.5. The molecule has 2 aromatic carbocycles. The summed E-state index contributed by atoms with van der Waals surface area (Å²) in [6.07, 6.45) is -3.66. The Hall–Kier alpha value is -3.20. The average Bonchev–Trinajstić information content (AvgIpc) is 3.13. The zero-order chi connectivity index (χ0) is 22.6. The highest BCUT2D eigenvalue weighted by Gasteiger charge is 2.30. The predicted molar refractivity (Wildman–Crippen MR) is 114 cm³/mol. The molecule has 5 nitrogen and oxygen atoms in total. The van der Waals surface area contributed by atoms with Gasteiger partial charge in [0.05, 0.1) is 17.8 Å². The molecule has 0 aliphatic carbocycles. The van der Waals surface area contributed by atoms with E-state index in [9.17, 15) is 22.8 Å². The van der Waals surface area contributed by atoms with Crippen LogP contribution in [-0.4, -0.2) is 23.3 Å². The van der Waals surface area contributed by atoms with Crippen LogP contribution in [0.1, 0.15) is 33.4 Å². The molecule has 1 heterocycles. The van der Waals surface area contributed by atoms with Crippen molar-refractivity contribution in [2.75, 3.05) is 11.9 Å². The molecule has 0 bridgehead atoms. The lowest BCUT2D eigenvalue weighted by molar-refractivity contribution is -0.137. The number of nitrogens with zero attached hydrogens (tertiary/aromatic N) is 1. The molecule has 2 N–H and O–H groups in total. The first-order valence-corrected chi connectivity index (χ1v) is 10.3. The van der Waals surface area contributed by atoms with Gasteiger partial charge in [-0.05, 0) is 37.1 Å². The van der Waals surface area contributed by atoms with Gasteiger partial charge in [-0.2, -0.15) is 13.2 Å². The number of alkyl halides is 3. The average molecular weight is 447 g/mol. The van der Waals surface area contributed by atoms with E-state index in [2.05, 4.69) is 15.6 Å². The van der Waals surface area contributed by atoms with Crippen LogP contribution in [0.15, 0.2) is 48.5 Å². The lowest BCUT2D eigenvalue weighted by Gasteiger charge is -2.10. The molecule has 9 heteroatoms. The lowest BCUT2D eigenvalue weighted by Crippen LogP contribution is -2.33. The van der Waals surface area contributed by atoms with Crippen molar-refractivity contribution in [3.63, 3.8) is 0 Å². The Balaban J connectivity index is 1.65. The molecule has 1 aromatic heterocycles. The fourth-order valence-electron chi connectivity index (χ4n) is 2.92. The first-order chi connectivity index (χ1) is 14.7. The van der Waals surface area contributed by atoms with Gasteiger partial charge in [0.2, 0.25) is 5.91 Å². The summed E-state index contributed by atoms with van der Waals surface area (Å²) in [4.78, 5) is 29.3. The summed E-state index contributed by atoms with van der Waals surface area (Å²) in [6.45, 7) is 3.40. The van der Waals surface area contributed by atoms with Gasteiger partial charge in [-0.15, -0.1) is 11.3 Å². The molecule has 0 fully saturated rings. The van der Waals surface area contributed by atoms with Crippen molar-refractivity contribution in [1.29, 1.82) is 0 Å². The summed E-state index contributed by atoms with van der Waals surface area (Å²) in [6, 6.07) is 12.0. The van der Waals surface area contributed by atoms with E-state index in [1.54, 1.807) is 13.0 Å². The number of amides is 2. The summed E-state index contributed by atoms with van der Waals surface area (Å²) in [7, 11) is 0. The molecular weight excluding hydrogens is 427 g/mol. The van der Waals surface area contributed by atoms with Gasteiger partial charge in [-0.1, -0.05) is 37.3 Å². The zero-order valence-corrected chi connectivity index (χ0v) is 17.7. The van der Waals surface area contributed by atoms with E-state index in [4.69, 9.17) is 0 Å². The number of hydrogen-bond acceptors (Lipinski definition) is 4. The van der Waals surface area contributed by atoms with Crippen molar-refractivity contribution < 1.29 is 22.8 Å². The Morgan fingerprint density at radius 2 is 1.74 bits per heavy atom. The Bertz CT molecular complexity index is 1090. The van der Waals surface area contributed by atoms with Crippen molar-refractivity contribution in [1.82, 2.24) is 10.3 Å². The molecule has 0 atom stereocenters. The van der Waals surface area contributed by atoms with E-state index in [-0.39, 0.29) is 12.5 Å². The standard InChI is InChI=1S/C22H20F3N3O2S/c1-3-14-6-4-5-7-17(14)28-18(29)12-26-20(30)19-13(2)27-21(31-19)15-8-10-16(11-9-15)22(23,24)25/h4-11H,3,12H2,1-2H3,(H,26,30)(H,28,29). The van der Waals surface area contributed by atoms with Crippen LogP contribution in [0.2, 0.25) is 0 Å². The number of benzene rings is 2. The van der Waals surface area contributed by atoms with Crippen LogP contribution in [0.3, 0.4) is 0 Å². The monoisotopic (exact) mass is 447 g/mol. The lowest BCUT2D eigenvalue weighted by atomic mass is 10.1. The SMILES string of the molecule is CCc1ccccc1NC(=O)CNC(=O)c1sc(-c2ccc(C(F)(F)F)cc2)nc1C. The second-order valence-electron chi connectivity index (χ2n) is 6.75. The van der Waals surface area contributed by atoms with Gasteiger partial charge in [0.25, 0.3) is 5.91 Å². The third-order valence-electron chi connectivity index (χ3n) is 4.54. The predicted octanol–water partition coefficient (Wildman–Crippen LogP) is 5.07. The summed E-state index contributed by atoms with van der Waals surface area (Å²) in [5.41, 5.74) is 1.85. The minimum atomic E-state index is -4.42. The van der Waals surface area contributed by atoms with Gasteiger partial charge in [0, 0.05) is 11.3 Å². The van der Waals surface area contributed by atoms with Gasteiger partial charge >= 0.3 is 6.18 Å². The molecule has 0 unspecified atom stereocenters. The second kappa shape index (κ2) is 9.30. The van der Waals surface area contributed by atoms with Crippen molar-refractivity contribution in [3.05, 3.63) is 70.2 Å². The summed E-state index contributed by atoms with van der Waals surface area (Å²) in [5, 5.41) is 5.76. The summed E-state index contributed by atoms with van der Waals surface area (Å²) >= 11 is 1.06. The van der Waals surface area contributed by atoms with Gasteiger partial charge in [-0.3, -0.25) is 9.59 Å². The summed E-state index contributed by atoms with van der Waals surface area (Å²) < 4.78 is 38.2. The number of aromatic nitrogens is 1. The Morgan fingerprint density at radius 1 is 1.06 bits per heavy atom. The van der Waals surface area contributed by atoms with E-state index < -0.39 is 17.6 Å². The van der Waals surface area contributed by atoms with Crippen LogP contribution in [0.4, 0.5) is 18.9 Å². The van der Waals surface area contributed by atoms with E-state index in [1.165, 1.54) is 12.1 Å². The Labute approximate surface area is 181 Å². The third-order valence-corrected chi connectivity index (χ3v) is 5.75.